The highest BCUT2D eigenvalue weighted by atomic mass is 32.2. The van der Waals surface area contributed by atoms with Crippen molar-refractivity contribution in [3.05, 3.63) is 54.1 Å². The molecular formula is C23H29N3O3S2. The number of benzene rings is 2. The van der Waals surface area contributed by atoms with E-state index >= 15 is 0 Å². The zero-order valence-electron chi connectivity index (χ0n) is 18.2. The minimum atomic E-state index is -3.39. The SMILES string of the molecule is CCc1ccc2nc(N(CCN(C)C)C(=O)CCCS(=O)(=O)c3ccccc3)sc2c1. The number of aromatic nitrogens is 1. The Kier molecular flexibility index (Phi) is 7.80. The number of likely N-dealkylation sites (N-methyl/N-ethyl adjacent to an activating group) is 1. The molecule has 0 unspecified atom stereocenters. The van der Waals surface area contributed by atoms with E-state index in [1.807, 2.05) is 25.1 Å². The minimum absolute atomic E-state index is 0.0516. The van der Waals surface area contributed by atoms with Crippen LogP contribution >= 0.6 is 11.3 Å². The van der Waals surface area contributed by atoms with Crippen molar-refractivity contribution in [3.8, 4) is 0 Å². The van der Waals surface area contributed by atoms with E-state index in [2.05, 4.69) is 24.0 Å². The van der Waals surface area contributed by atoms with Gasteiger partial charge in [-0.15, -0.1) is 0 Å². The highest BCUT2D eigenvalue weighted by Crippen LogP contribution is 2.30. The summed E-state index contributed by atoms with van der Waals surface area (Å²) in [5.74, 6) is -0.149. The molecule has 0 aliphatic rings. The van der Waals surface area contributed by atoms with Gasteiger partial charge in [0.15, 0.2) is 15.0 Å². The van der Waals surface area contributed by atoms with Crippen molar-refractivity contribution < 1.29 is 13.2 Å². The molecule has 0 spiro atoms. The zero-order chi connectivity index (χ0) is 22.4. The molecule has 0 atom stereocenters. The fraction of sp³-hybridized carbons (Fsp3) is 0.391. The maximum Gasteiger partial charge on any atom is 0.228 e. The number of hydrogen-bond donors (Lipinski definition) is 0. The van der Waals surface area contributed by atoms with Crippen LogP contribution in [0.2, 0.25) is 0 Å². The molecule has 8 heteroatoms. The first-order valence-corrected chi connectivity index (χ1v) is 12.9. The quantitative estimate of drug-likeness (QED) is 0.458. The highest BCUT2D eigenvalue weighted by molar-refractivity contribution is 7.91. The van der Waals surface area contributed by atoms with Crippen molar-refractivity contribution in [2.45, 2.75) is 31.1 Å². The van der Waals surface area contributed by atoms with E-state index in [9.17, 15) is 13.2 Å². The second-order valence-corrected chi connectivity index (χ2v) is 10.9. The molecule has 2 aromatic carbocycles. The van der Waals surface area contributed by atoms with Crippen LogP contribution in [-0.2, 0) is 21.1 Å². The molecule has 3 rings (SSSR count). The van der Waals surface area contributed by atoms with Crippen LogP contribution in [0.15, 0.2) is 53.4 Å². The van der Waals surface area contributed by atoms with Crippen molar-refractivity contribution in [3.63, 3.8) is 0 Å². The summed E-state index contributed by atoms with van der Waals surface area (Å²) in [4.78, 5) is 21.7. The fourth-order valence-electron chi connectivity index (χ4n) is 3.21. The summed E-state index contributed by atoms with van der Waals surface area (Å²) in [5.41, 5.74) is 2.12. The second-order valence-electron chi connectivity index (χ2n) is 7.74. The van der Waals surface area contributed by atoms with Crippen molar-refractivity contribution in [1.29, 1.82) is 0 Å². The predicted molar refractivity (Wildman–Crippen MR) is 128 cm³/mol. The molecule has 1 amide bonds. The molecule has 0 saturated carbocycles. The van der Waals surface area contributed by atoms with Gasteiger partial charge in [-0.1, -0.05) is 42.5 Å². The van der Waals surface area contributed by atoms with E-state index < -0.39 is 9.84 Å². The number of aryl methyl sites for hydroxylation is 1. The third-order valence-electron chi connectivity index (χ3n) is 5.06. The van der Waals surface area contributed by atoms with Gasteiger partial charge in [0.1, 0.15) is 0 Å². The molecule has 3 aromatic rings. The third kappa shape index (κ3) is 6.12. The van der Waals surface area contributed by atoms with E-state index in [-0.39, 0.29) is 24.5 Å². The molecule has 0 fully saturated rings. The van der Waals surface area contributed by atoms with Crippen LogP contribution in [-0.4, -0.2) is 57.1 Å². The molecule has 6 nitrogen and oxygen atoms in total. The summed E-state index contributed by atoms with van der Waals surface area (Å²) >= 11 is 1.51. The Balaban J connectivity index is 1.73. The number of nitrogens with zero attached hydrogens (tertiary/aromatic N) is 3. The minimum Gasteiger partial charge on any atom is -0.308 e. The van der Waals surface area contributed by atoms with Gasteiger partial charge in [-0.25, -0.2) is 13.4 Å². The van der Waals surface area contributed by atoms with Gasteiger partial charge in [0.25, 0.3) is 0 Å². The highest BCUT2D eigenvalue weighted by Gasteiger charge is 2.21. The Hall–Kier alpha value is -2.29. The van der Waals surface area contributed by atoms with Gasteiger partial charge in [-0.2, -0.15) is 0 Å². The number of sulfone groups is 1. The number of carbonyl (C=O) groups excluding carboxylic acids is 1. The van der Waals surface area contributed by atoms with Gasteiger partial charge in [-0.3, -0.25) is 9.69 Å². The molecule has 0 N–H and O–H groups in total. The van der Waals surface area contributed by atoms with E-state index in [4.69, 9.17) is 0 Å². The standard InChI is InChI=1S/C23H29N3O3S2/c1-4-18-12-13-20-21(17-18)30-23(24-20)26(15-14-25(2)3)22(27)11-8-16-31(28,29)19-9-6-5-7-10-19/h5-7,9-10,12-13,17H,4,8,11,14-16H2,1-3H3. The lowest BCUT2D eigenvalue weighted by Gasteiger charge is -2.22. The predicted octanol–water partition coefficient (Wildman–Crippen LogP) is 4.01. The number of amides is 1. The first-order valence-electron chi connectivity index (χ1n) is 10.4. The number of thiazole rings is 1. The lowest BCUT2D eigenvalue weighted by molar-refractivity contribution is -0.118. The molecule has 166 valence electrons. The summed E-state index contributed by atoms with van der Waals surface area (Å²) in [7, 11) is 0.526. The maximum atomic E-state index is 13.1. The Morgan fingerprint density at radius 1 is 1.06 bits per heavy atom. The third-order valence-corrected chi connectivity index (χ3v) is 7.92. The molecule has 0 aliphatic carbocycles. The maximum absolute atomic E-state index is 13.1. The Morgan fingerprint density at radius 3 is 2.48 bits per heavy atom. The van der Waals surface area contributed by atoms with Crippen molar-refractivity contribution >= 4 is 42.4 Å². The number of rotatable bonds is 10. The average molecular weight is 460 g/mol. The fourth-order valence-corrected chi connectivity index (χ4v) is 5.62. The lowest BCUT2D eigenvalue weighted by atomic mass is 10.2. The van der Waals surface area contributed by atoms with Crippen LogP contribution in [0.25, 0.3) is 10.2 Å². The Bertz CT molecular complexity index is 1130. The van der Waals surface area contributed by atoms with E-state index in [1.165, 1.54) is 16.9 Å². The van der Waals surface area contributed by atoms with Crippen LogP contribution in [0.5, 0.6) is 0 Å². The first-order chi connectivity index (χ1) is 14.8. The summed E-state index contributed by atoms with van der Waals surface area (Å²) < 4.78 is 26.1. The average Bonchev–Trinajstić information content (AvgIpc) is 3.17. The van der Waals surface area contributed by atoms with E-state index in [0.29, 0.717) is 23.1 Å². The normalized spacial score (nSPS) is 11.9. The van der Waals surface area contributed by atoms with Gasteiger partial charge >= 0.3 is 0 Å². The molecule has 0 saturated heterocycles. The molecule has 1 heterocycles. The summed E-state index contributed by atoms with van der Waals surface area (Å²) in [5, 5.41) is 0.668. The van der Waals surface area contributed by atoms with E-state index in [1.54, 1.807) is 35.2 Å². The van der Waals surface area contributed by atoms with Crippen molar-refractivity contribution in [1.82, 2.24) is 9.88 Å². The summed E-state index contributed by atoms with van der Waals surface area (Å²) in [6.07, 6.45) is 1.39. The van der Waals surface area contributed by atoms with Crippen LogP contribution in [0.4, 0.5) is 5.13 Å². The van der Waals surface area contributed by atoms with Gasteiger partial charge in [0, 0.05) is 19.5 Å². The monoisotopic (exact) mass is 459 g/mol. The van der Waals surface area contributed by atoms with Gasteiger partial charge in [-0.05, 0) is 56.8 Å². The van der Waals surface area contributed by atoms with Crippen LogP contribution in [0, 0.1) is 0 Å². The van der Waals surface area contributed by atoms with Crippen LogP contribution in [0.3, 0.4) is 0 Å². The smallest absolute Gasteiger partial charge is 0.228 e. The molecule has 31 heavy (non-hydrogen) atoms. The number of hydrogen-bond acceptors (Lipinski definition) is 6. The molecular weight excluding hydrogens is 430 g/mol. The molecule has 0 bridgehead atoms. The molecule has 0 radical (unpaired) electrons. The largest absolute Gasteiger partial charge is 0.308 e. The Morgan fingerprint density at radius 2 is 1.81 bits per heavy atom. The lowest BCUT2D eigenvalue weighted by Crippen LogP contribution is -2.36. The van der Waals surface area contributed by atoms with Crippen molar-refractivity contribution in [2.75, 3.05) is 37.8 Å². The summed E-state index contributed by atoms with van der Waals surface area (Å²) in [6.45, 7) is 3.32. The van der Waals surface area contributed by atoms with Gasteiger partial charge in [0.05, 0.1) is 20.9 Å². The second kappa shape index (κ2) is 10.3. The van der Waals surface area contributed by atoms with Gasteiger partial charge in [0.2, 0.25) is 5.91 Å². The first kappa shape index (κ1) is 23.4. The van der Waals surface area contributed by atoms with Crippen molar-refractivity contribution in [2.24, 2.45) is 0 Å². The van der Waals surface area contributed by atoms with Gasteiger partial charge < -0.3 is 4.90 Å². The molecule has 0 aliphatic heterocycles. The number of fused-ring (bicyclic) bond motifs is 1. The van der Waals surface area contributed by atoms with E-state index in [0.717, 1.165) is 16.6 Å². The molecule has 1 aromatic heterocycles. The number of anilines is 1. The topological polar surface area (TPSA) is 70.6 Å². The summed E-state index contributed by atoms with van der Waals surface area (Å²) in [6, 6.07) is 14.6. The zero-order valence-corrected chi connectivity index (χ0v) is 19.9. The number of carbonyl (C=O) groups is 1. The Labute approximate surface area is 188 Å². The van der Waals surface area contributed by atoms with Crippen LogP contribution in [0.1, 0.15) is 25.3 Å². The van der Waals surface area contributed by atoms with Crippen LogP contribution < -0.4 is 4.90 Å².